The highest BCUT2D eigenvalue weighted by Crippen LogP contribution is 2.41. The molecule has 2 N–H and O–H groups in total. The number of rotatable bonds is 8. The van der Waals surface area contributed by atoms with E-state index in [0.29, 0.717) is 37.2 Å². The number of hydrogen-bond donors (Lipinski definition) is 2. The number of benzene rings is 2. The number of carbonyl (C=O) groups excluding carboxylic acids is 2. The summed E-state index contributed by atoms with van der Waals surface area (Å²) in [6.07, 6.45) is 2.88. The van der Waals surface area contributed by atoms with Crippen molar-refractivity contribution in [3.8, 4) is 0 Å². The van der Waals surface area contributed by atoms with Gasteiger partial charge in [0.25, 0.3) is 11.5 Å². The van der Waals surface area contributed by atoms with E-state index in [1.54, 1.807) is 30.0 Å². The lowest BCUT2D eigenvalue weighted by Crippen LogP contribution is -2.40. The molecule has 2 amide bonds. The van der Waals surface area contributed by atoms with E-state index in [4.69, 9.17) is 0 Å². The highest BCUT2D eigenvalue weighted by molar-refractivity contribution is 6.08. The highest BCUT2D eigenvalue weighted by atomic mass is 19.1. The highest BCUT2D eigenvalue weighted by Gasteiger charge is 2.35. The van der Waals surface area contributed by atoms with E-state index in [9.17, 15) is 23.2 Å². The van der Waals surface area contributed by atoms with Crippen molar-refractivity contribution in [3.05, 3.63) is 81.3 Å². The van der Waals surface area contributed by atoms with Gasteiger partial charge in [-0.2, -0.15) is 0 Å². The van der Waals surface area contributed by atoms with E-state index in [-0.39, 0.29) is 34.7 Å². The SMILES string of the molecule is CCNn1c(CN2CCCC2=O)c(C(=O)N[C@H](c2cccc(F)c2)C2CC2)c2cccc(F)c2c1=O. The lowest BCUT2D eigenvalue weighted by molar-refractivity contribution is -0.128. The first-order valence-corrected chi connectivity index (χ1v) is 12.3. The van der Waals surface area contributed by atoms with Crippen LogP contribution in [0.25, 0.3) is 10.8 Å². The monoisotopic (exact) mass is 494 g/mol. The van der Waals surface area contributed by atoms with Gasteiger partial charge in [0, 0.05) is 24.9 Å². The topological polar surface area (TPSA) is 83.4 Å². The maximum Gasteiger partial charge on any atom is 0.280 e. The van der Waals surface area contributed by atoms with Crippen LogP contribution >= 0.6 is 0 Å². The zero-order valence-corrected chi connectivity index (χ0v) is 20.0. The number of amides is 2. The number of hydrogen-bond acceptors (Lipinski definition) is 4. The standard InChI is InChI=1S/C27H28F2N4O3/c1-2-30-33-21(15-32-13-5-10-22(32)34)24(19-8-4-9-20(29)23(19)27(33)36)26(35)31-25(16-11-12-16)17-6-3-7-18(28)14-17/h3-4,6-9,14,16,25,30H,2,5,10-13,15H2,1H3,(H,31,35)/t25-/m0/s1. The summed E-state index contributed by atoms with van der Waals surface area (Å²) in [6.45, 7) is 2.67. The molecule has 7 nitrogen and oxygen atoms in total. The Kier molecular flexibility index (Phi) is 6.47. The van der Waals surface area contributed by atoms with E-state index in [2.05, 4.69) is 10.7 Å². The van der Waals surface area contributed by atoms with Crippen molar-refractivity contribution in [2.45, 2.75) is 45.2 Å². The minimum Gasteiger partial charge on any atom is -0.345 e. The van der Waals surface area contributed by atoms with Crippen molar-refractivity contribution in [1.82, 2.24) is 14.9 Å². The quantitative estimate of drug-likeness (QED) is 0.499. The normalized spacial score (nSPS) is 16.4. The van der Waals surface area contributed by atoms with Gasteiger partial charge in [0.05, 0.1) is 29.2 Å². The molecule has 36 heavy (non-hydrogen) atoms. The fraction of sp³-hybridized carbons (Fsp3) is 0.370. The molecule has 2 aliphatic rings. The molecule has 188 valence electrons. The molecule has 1 aliphatic carbocycles. The van der Waals surface area contributed by atoms with Gasteiger partial charge in [0.1, 0.15) is 11.6 Å². The summed E-state index contributed by atoms with van der Waals surface area (Å²) in [7, 11) is 0. The van der Waals surface area contributed by atoms with Gasteiger partial charge >= 0.3 is 0 Å². The van der Waals surface area contributed by atoms with Gasteiger partial charge in [0.15, 0.2) is 0 Å². The summed E-state index contributed by atoms with van der Waals surface area (Å²) in [4.78, 5) is 41.4. The number of halogens is 2. The van der Waals surface area contributed by atoms with E-state index in [1.165, 1.54) is 28.9 Å². The Morgan fingerprint density at radius 1 is 1.14 bits per heavy atom. The molecule has 2 fully saturated rings. The molecular weight excluding hydrogens is 466 g/mol. The summed E-state index contributed by atoms with van der Waals surface area (Å²) >= 11 is 0. The number of pyridine rings is 1. The van der Waals surface area contributed by atoms with Gasteiger partial charge in [-0.1, -0.05) is 24.3 Å². The van der Waals surface area contributed by atoms with Crippen molar-refractivity contribution in [2.75, 3.05) is 18.5 Å². The zero-order valence-electron chi connectivity index (χ0n) is 20.0. The average Bonchev–Trinajstić information content (AvgIpc) is 3.61. The van der Waals surface area contributed by atoms with Gasteiger partial charge in [-0.15, -0.1) is 0 Å². The third-order valence-electron chi connectivity index (χ3n) is 6.90. The van der Waals surface area contributed by atoms with Crippen LogP contribution in [-0.4, -0.2) is 34.5 Å². The van der Waals surface area contributed by atoms with Crippen LogP contribution < -0.4 is 16.3 Å². The van der Waals surface area contributed by atoms with Crippen LogP contribution in [-0.2, 0) is 11.3 Å². The van der Waals surface area contributed by atoms with Crippen LogP contribution in [0.2, 0.25) is 0 Å². The van der Waals surface area contributed by atoms with E-state index in [0.717, 1.165) is 12.8 Å². The summed E-state index contributed by atoms with van der Waals surface area (Å²) in [5, 5.41) is 3.02. The number of likely N-dealkylation sites (tertiary alicyclic amines) is 1. The Morgan fingerprint density at radius 3 is 2.58 bits per heavy atom. The van der Waals surface area contributed by atoms with Crippen LogP contribution in [0.5, 0.6) is 0 Å². The van der Waals surface area contributed by atoms with Gasteiger partial charge in [0.2, 0.25) is 5.91 Å². The van der Waals surface area contributed by atoms with E-state index in [1.807, 2.05) is 0 Å². The Balaban J connectivity index is 1.67. The Morgan fingerprint density at radius 2 is 1.92 bits per heavy atom. The second kappa shape index (κ2) is 9.72. The molecule has 9 heteroatoms. The fourth-order valence-corrected chi connectivity index (χ4v) is 5.05. The van der Waals surface area contributed by atoms with Crippen molar-refractivity contribution in [2.24, 2.45) is 5.92 Å². The number of fused-ring (bicyclic) bond motifs is 1. The van der Waals surface area contributed by atoms with Crippen LogP contribution in [0, 0.1) is 17.6 Å². The maximum absolute atomic E-state index is 14.9. The predicted octanol–water partition coefficient (Wildman–Crippen LogP) is 3.85. The van der Waals surface area contributed by atoms with Gasteiger partial charge in [-0.05, 0) is 55.9 Å². The van der Waals surface area contributed by atoms with Gasteiger partial charge in [-0.3, -0.25) is 14.4 Å². The van der Waals surface area contributed by atoms with Gasteiger partial charge in [-0.25, -0.2) is 13.5 Å². The third-order valence-corrected chi connectivity index (χ3v) is 6.90. The second-order valence-electron chi connectivity index (χ2n) is 9.40. The summed E-state index contributed by atoms with van der Waals surface area (Å²) < 4.78 is 30.1. The molecule has 3 aromatic rings. The molecular formula is C27H28F2N4O3. The largest absolute Gasteiger partial charge is 0.345 e. The maximum atomic E-state index is 14.9. The zero-order chi connectivity index (χ0) is 25.4. The second-order valence-corrected chi connectivity index (χ2v) is 9.40. The van der Waals surface area contributed by atoms with Crippen LogP contribution in [0.4, 0.5) is 8.78 Å². The minimum absolute atomic E-state index is 0.0321. The first kappa shape index (κ1) is 24.0. The summed E-state index contributed by atoms with van der Waals surface area (Å²) in [5.41, 5.74) is 3.40. The molecule has 1 saturated heterocycles. The summed E-state index contributed by atoms with van der Waals surface area (Å²) in [6, 6.07) is 9.90. The van der Waals surface area contributed by atoms with Gasteiger partial charge < -0.3 is 15.6 Å². The minimum atomic E-state index is -0.731. The lowest BCUT2D eigenvalue weighted by atomic mass is 9.99. The third kappa shape index (κ3) is 4.45. The first-order chi connectivity index (χ1) is 17.4. The Hall–Kier alpha value is -3.75. The number of carbonyl (C=O) groups is 2. The molecule has 1 aliphatic heterocycles. The molecule has 0 spiro atoms. The molecule has 2 heterocycles. The van der Waals surface area contributed by atoms with Crippen molar-refractivity contribution in [3.63, 3.8) is 0 Å². The molecule has 0 bridgehead atoms. The van der Waals surface area contributed by atoms with Crippen molar-refractivity contribution < 1.29 is 18.4 Å². The fourth-order valence-electron chi connectivity index (χ4n) is 5.05. The Labute approximate surface area is 207 Å². The van der Waals surface area contributed by atoms with Crippen LogP contribution in [0.3, 0.4) is 0 Å². The molecule has 1 atom stereocenters. The number of nitrogens with one attached hydrogen (secondary N) is 2. The van der Waals surface area contributed by atoms with Crippen molar-refractivity contribution in [1.29, 1.82) is 0 Å². The lowest BCUT2D eigenvalue weighted by Gasteiger charge is -2.25. The molecule has 1 aromatic heterocycles. The molecule has 5 rings (SSSR count). The summed E-state index contributed by atoms with van der Waals surface area (Å²) in [5.74, 6) is -1.53. The number of nitrogens with zero attached hydrogens (tertiary/aromatic N) is 2. The molecule has 2 aromatic carbocycles. The molecule has 0 unspecified atom stereocenters. The first-order valence-electron chi connectivity index (χ1n) is 12.3. The average molecular weight is 495 g/mol. The van der Waals surface area contributed by atoms with Crippen LogP contribution in [0.15, 0.2) is 47.3 Å². The number of aromatic nitrogens is 1. The predicted molar refractivity (Wildman–Crippen MR) is 132 cm³/mol. The van der Waals surface area contributed by atoms with E-state index >= 15 is 0 Å². The van der Waals surface area contributed by atoms with Crippen LogP contribution in [0.1, 0.15) is 60.3 Å². The van der Waals surface area contributed by atoms with E-state index < -0.39 is 29.1 Å². The molecule has 0 radical (unpaired) electrons. The Bertz CT molecular complexity index is 1400. The van der Waals surface area contributed by atoms with Crippen molar-refractivity contribution >= 4 is 22.6 Å². The molecule has 1 saturated carbocycles. The smallest absolute Gasteiger partial charge is 0.280 e.